The van der Waals surface area contributed by atoms with E-state index in [1.54, 1.807) is 16.7 Å². The second-order valence-electron chi connectivity index (χ2n) is 7.36. The number of carbonyl (C=O) groups is 1. The van der Waals surface area contributed by atoms with Crippen LogP contribution in [0.15, 0.2) is 53.3 Å². The third-order valence-electron chi connectivity index (χ3n) is 5.90. The van der Waals surface area contributed by atoms with Gasteiger partial charge in [-0.3, -0.25) is 9.59 Å². The van der Waals surface area contributed by atoms with Crippen molar-refractivity contribution in [2.45, 2.75) is 38.1 Å². The number of nitrogens with zero attached hydrogens (tertiary/aromatic N) is 2. The predicted octanol–water partition coefficient (Wildman–Crippen LogP) is 3.13. The van der Waals surface area contributed by atoms with Gasteiger partial charge < -0.3 is 9.47 Å². The maximum absolute atomic E-state index is 12.6. The molecule has 1 aromatic carbocycles. The molecule has 4 nitrogen and oxygen atoms in total. The molecule has 0 bridgehead atoms. The van der Waals surface area contributed by atoms with Crippen molar-refractivity contribution in [3.8, 4) is 0 Å². The van der Waals surface area contributed by atoms with Gasteiger partial charge in [0, 0.05) is 43.2 Å². The molecule has 0 saturated carbocycles. The smallest absolute Gasteiger partial charge is 0.250 e. The monoisotopic (exact) mass is 348 g/mol. The van der Waals surface area contributed by atoms with Gasteiger partial charge in [-0.05, 0) is 37.0 Å². The number of likely N-dealkylation sites (tertiary alicyclic amines) is 1. The molecule has 0 unspecified atom stereocenters. The minimum absolute atomic E-state index is 0.0388. The molecule has 4 heteroatoms. The lowest BCUT2D eigenvalue weighted by atomic mass is 9.74. The molecule has 1 saturated heterocycles. The molecule has 0 radical (unpaired) electrons. The van der Waals surface area contributed by atoms with E-state index < -0.39 is 0 Å². The Kier molecular flexibility index (Phi) is 4.27. The van der Waals surface area contributed by atoms with Crippen molar-refractivity contribution >= 4 is 12.0 Å². The first-order chi connectivity index (χ1) is 12.6. The SMILES string of the molecule is Cc1cccc(=O)n1CCC(=O)N1CCC2(C=Cc3ccccc32)CC1. The van der Waals surface area contributed by atoms with E-state index in [0.29, 0.717) is 13.0 Å². The predicted molar refractivity (Wildman–Crippen MR) is 103 cm³/mol. The molecular formula is C22H24N2O2. The Hall–Kier alpha value is -2.62. The van der Waals surface area contributed by atoms with Crippen molar-refractivity contribution in [1.82, 2.24) is 9.47 Å². The Bertz CT molecular complexity index is 918. The molecular weight excluding hydrogens is 324 g/mol. The van der Waals surface area contributed by atoms with Crippen LogP contribution in [0.3, 0.4) is 0 Å². The number of fused-ring (bicyclic) bond motifs is 2. The number of allylic oxidation sites excluding steroid dienone is 1. The van der Waals surface area contributed by atoms with Crippen LogP contribution in [0.2, 0.25) is 0 Å². The highest BCUT2D eigenvalue weighted by atomic mass is 16.2. The van der Waals surface area contributed by atoms with E-state index in [4.69, 9.17) is 0 Å². The molecule has 4 rings (SSSR count). The van der Waals surface area contributed by atoms with Crippen LogP contribution < -0.4 is 5.56 Å². The van der Waals surface area contributed by atoms with E-state index in [-0.39, 0.29) is 16.9 Å². The van der Waals surface area contributed by atoms with Crippen molar-refractivity contribution in [2.75, 3.05) is 13.1 Å². The number of pyridine rings is 1. The van der Waals surface area contributed by atoms with Gasteiger partial charge in [0.2, 0.25) is 5.91 Å². The summed E-state index contributed by atoms with van der Waals surface area (Å²) in [6.07, 6.45) is 6.86. The average molecular weight is 348 g/mol. The molecule has 1 spiro atoms. The van der Waals surface area contributed by atoms with Gasteiger partial charge in [-0.2, -0.15) is 0 Å². The lowest BCUT2D eigenvalue weighted by Crippen LogP contribution is -2.44. The van der Waals surface area contributed by atoms with Gasteiger partial charge in [-0.1, -0.05) is 42.5 Å². The fraction of sp³-hybridized carbons (Fsp3) is 0.364. The van der Waals surface area contributed by atoms with Crippen LogP contribution in [0.5, 0.6) is 0 Å². The Labute approximate surface area is 153 Å². The number of piperidine rings is 1. The van der Waals surface area contributed by atoms with Gasteiger partial charge in [0.05, 0.1) is 0 Å². The lowest BCUT2D eigenvalue weighted by molar-refractivity contribution is -0.132. The molecule has 134 valence electrons. The van der Waals surface area contributed by atoms with Gasteiger partial charge in [0.15, 0.2) is 0 Å². The van der Waals surface area contributed by atoms with Crippen molar-refractivity contribution in [3.05, 3.63) is 75.7 Å². The van der Waals surface area contributed by atoms with Crippen molar-refractivity contribution in [3.63, 3.8) is 0 Å². The highest BCUT2D eigenvalue weighted by Gasteiger charge is 2.38. The van der Waals surface area contributed by atoms with Crippen molar-refractivity contribution in [1.29, 1.82) is 0 Å². The summed E-state index contributed by atoms with van der Waals surface area (Å²) in [6, 6.07) is 13.8. The third kappa shape index (κ3) is 2.90. The van der Waals surface area contributed by atoms with Gasteiger partial charge in [0.25, 0.3) is 5.56 Å². The number of hydrogen-bond donors (Lipinski definition) is 0. The molecule has 2 aliphatic rings. The maximum Gasteiger partial charge on any atom is 0.250 e. The van der Waals surface area contributed by atoms with Crippen LogP contribution in [0, 0.1) is 6.92 Å². The topological polar surface area (TPSA) is 42.3 Å². The van der Waals surface area contributed by atoms with Crippen LogP contribution in [0.4, 0.5) is 0 Å². The minimum atomic E-state index is -0.0388. The minimum Gasteiger partial charge on any atom is -0.343 e. The summed E-state index contributed by atoms with van der Waals surface area (Å²) in [5, 5.41) is 0. The summed E-state index contributed by atoms with van der Waals surface area (Å²) in [6.45, 7) is 3.91. The quantitative estimate of drug-likeness (QED) is 0.855. The van der Waals surface area contributed by atoms with E-state index in [1.165, 1.54) is 11.1 Å². The van der Waals surface area contributed by atoms with Crippen LogP contribution in [-0.4, -0.2) is 28.5 Å². The summed E-state index contributed by atoms with van der Waals surface area (Å²) in [5.74, 6) is 0.144. The molecule has 1 aromatic heterocycles. The first-order valence-electron chi connectivity index (χ1n) is 9.32. The van der Waals surface area contributed by atoms with E-state index in [9.17, 15) is 9.59 Å². The highest BCUT2D eigenvalue weighted by molar-refractivity contribution is 5.76. The summed E-state index contributed by atoms with van der Waals surface area (Å²) in [4.78, 5) is 26.5. The first kappa shape index (κ1) is 16.8. The normalized spacial score (nSPS) is 17.5. The van der Waals surface area contributed by atoms with Crippen LogP contribution in [-0.2, 0) is 16.8 Å². The third-order valence-corrected chi connectivity index (χ3v) is 5.90. The van der Waals surface area contributed by atoms with Gasteiger partial charge in [-0.25, -0.2) is 0 Å². The lowest BCUT2D eigenvalue weighted by Gasteiger charge is -2.39. The fourth-order valence-corrected chi connectivity index (χ4v) is 4.30. The number of benzene rings is 1. The largest absolute Gasteiger partial charge is 0.343 e. The van der Waals surface area contributed by atoms with Gasteiger partial charge in [0.1, 0.15) is 0 Å². The Morgan fingerprint density at radius 3 is 2.62 bits per heavy atom. The zero-order valence-electron chi connectivity index (χ0n) is 15.1. The number of carbonyl (C=O) groups excluding carboxylic acids is 1. The molecule has 1 fully saturated rings. The van der Waals surface area contributed by atoms with E-state index in [1.807, 2.05) is 17.9 Å². The Morgan fingerprint density at radius 1 is 1.08 bits per heavy atom. The average Bonchev–Trinajstić information content (AvgIpc) is 3.00. The van der Waals surface area contributed by atoms with Crippen LogP contribution in [0.25, 0.3) is 6.08 Å². The van der Waals surface area contributed by atoms with Gasteiger partial charge in [-0.15, -0.1) is 0 Å². The van der Waals surface area contributed by atoms with E-state index in [0.717, 1.165) is 31.6 Å². The molecule has 2 heterocycles. The van der Waals surface area contributed by atoms with Gasteiger partial charge >= 0.3 is 0 Å². The second kappa shape index (κ2) is 6.60. The second-order valence-corrected chi connectivity index (χ2v) is 7.36. The number of amides is 1. The number of aromatic nitrogens is 1. The summed E-state index contributed by atoms with van der Waals surface area (Å²) in [7, 11) is 0. The van der Waals surface area contributed by atoms with Crippen molar-refractivity contribution in [2.24, 2.45) is 0 Å². The number of hydrogen-bond acceptors (Lipinski definition) is 2. The van der Waals surface area contributed by atoms with Crippen molar-refractivity contribution < 1.29 is 4.79 Å². The Morgan fingerprint density at radius 2 is 1.85 bits per heavy atom. The molecule has 2 aromatic rings. The first-order valence-corrected chi connectivity index (χ1v) is 9.32. The highest BCUT2D eigenvalue weighted by Crippen LogP contribution is 2.43. The van der Waals surface area contributed by atoms with E-state index >= 15 is 0 Å². The molecule has 1 aliphatic heterocycles. The van der Waals surface area contributed by atoms with Crippen LogP contribution >= 0.6 is 0 Å². The summed E-state index contributed by atoms with van der Waals surface area (Å²) < 4.78 is 1.68. The Balaban J connectivity index is 1.39. The summed E-state index contributed by atoms with van der Waals surface area (Å²) in [5.41, 5.74) is 3.67. The molecule has 0 atom stereocenters. The molecule has 1 aliphatic carbocycles. The number of aryl methyl sites for hydroxylation is 1. The zero-order chi connectivity index (χ0) is 18.1. The zero-order valence-corrected chi connectivity index (χ0v) is 15.1. The van der Waals surface area contributed by atoms with E-state index in [2.05, 4.69) is 36.4 Å². The number of rotatable bonds is 3. The maximum atomic E-state index is 12.6. The molecule has 26 heavy (non-hydrogen) atoms. The molecule has 0 N–H and O–H groups in total. The standard InChI is InChI=1S/C22H24N2O2/c1-17-5-4-8-21(26)24(17)14-10-20(25)23-15-12-22(13-16-23)11-9-18-6-2-3-7-19(18)22/h2-9,11H,10,12-16H2,1H3. The molecule has 1 amide bonds. The van der Waals surface area contributed by atoms with Crippen LogP contribution in [0.1, 0.15) is 36.1 Å². The summed E-state index contributed by atoms with van der Waals surface area (Å²) >= 11 is 0. The fourth-order valence-electron chi connectivity index (χ4n) is 4.30.